The van der Waals surface area contributed by atoms with Crippen LogP contribution in [0, 0.1) is 5.92 Å². The van der Waals surface area contributed by atoms with E-state index in [2.05, 4.69) is 9.46 Å². The first-order valence-corrected chi connectivity index (χ1v) is 8.56. The zero-order valence-corrected chi connectivity index (χ0v) is 14.6. The summed E-state index contributed by atoms with van der Waals surface area (Å²) in [5, 5.41) is 1.54. The lowest BCUT2D eigenvalue weighted by Crippen LogP contribution is -2.41. The lowest BCUT2D eigenvalue weighted by molar-refractivity contribution is 0.0602. The summed E-state index contributed by atoms with van der Waals surface area (Å²) in [7, 11) is -2.56. The number of hydrogen-bond donors (Lipinski definition) is 2. The number of hydrogen-bond acceptors (Lipinski definition) is 6. The Hall–Kier alpha value is -0.670. The molecular formula is C12H21ClN2O4S2. The molecule has 122 valence electrons. The maximum absolute atomic E-state index is 12.3. The maximum Gasteiger partial charge on any atom is 0.349 e. The zero-order valence-electron chi connectivity index (χ0n) is 12.2. The van der Waals surface area contributed by atoms with Gasteiger partial charge in [0.15, 0.2) is 0 Å². The summed E-state index contributed by atoms with van der Waals surface area (Å²) in [6.45, 7) is 4.18. The number of nitrogens with one attached hydrogen (secondary N) is 1. The Labute approximate surface area is 135 Å². The van der Waals surface area contributed by atoms with Crippen LogP contribution in [0.1, 0.15) is 29.9 Å². The number of nitrogens with two attached hydrogens (primary N) is 1. The minimum absolute atomic E-state index is 0. The van der Waals surface area contributed by atoms with Crippen LogP contribution in [-0.4, -0.2) is 34.1 Å². The second-order valence-electron chi connectivity index (χ2n) is 4.79. The van der Waals surface area contributed by atoms with E-state index in [0.717, 1.165) is 11.3 Å². The van der Waals surface area contributed by atoms with Crippen LogP contribution in [-0.2, 0) is 14.8 Å². The summed E-state index contributed by atoms with van der Waals surface area (Å²) in [6, 6.07) is 1.03. The predicted molar refractivity (Wildman–Crippen MR) is 85.5 cm³/mol. The number of thiophene rings is 1. The van der Waals surface area contributed by atoms with E-state index in [1.165, 1.54) is 13.2 Å². The molecule has 0 aromatic carbocycles. The number of esters is 1. The molecule has 1 atom stereocenters. The molecule has 0 aliphatic carbocycles. The van der Waals surface area contributed by atoms with Gasteiger partial charge in [0.25, 0.3) is 0 Å². The molecule has 0 radical (unpaired) electrons. The van der Waals surface area contributed by atoms with Crippen molar-refractivity contribution in [2.24, 2.45) is 11.7 Å². The smallest absolute Gasteiger partial charge is 0.349 e. The third-order valence-electron chi connectivity index (χ3n) is 2.65. The first-order chi connectivity index (χ1) is 9.31. The largest absolute Gasteiger partial charge is 0.465 e. The normalized spacial score (nSPS) is 12.8. The Morgan fingerprint density at radius 2 is 2.10 bits per heavy atom. The van der Waals surface area contributed by atoms with Crippen LogP contribution >= 0.6 is 23.7 Å². The van der Waals surface area contributed by atoms with Crippen molar-refractivity contribution in [3.63, 3.8) is 0 Å². The van der Waals surface area contributed by atoms with Crippen LogP contribution in [0.15, 0.2) is 16.3 Å². The average molecular weight is 357 g/mol. The van der Waals surface area contributed by atoms with Crippen LogP contribution < -0.4 is 10.5 Å². The van der Waals surface area contributed by atoms with E-state index >= 15 is 0 Å². The van der Waals surface area contributed by atoms with E-state index < -0.39 is 16.0 Å². The molecule has 6 nitrogen and oxygen atoms in total. The van der Waals surface area contributed by atoms with Crippen LogP contribution in [0.3, 0.4) is 0 Å². The van der Waals surface area contributed by atoms with Gasteiger partial charge in [-0.15, -0.1) is 23.7 Å². The van der Waals surface area contributed by atoms with Gasteiger partial charge < -0.3 is 10.5 Å². The fraction of sp³-hybridized carbons (Fsp3) is 0.583. The highest BCUT2D eigenvalue weighted by Crippen LogP contribution is 2.23. The van der Waals surface area contributed by atoms with Crippen LogP contribution in [0.25, 0.3) is 0 Å². The van der Waals surface area contributed by atoms with E-state index in [9.17, 15) is 13.2 Å². The number of sulfonamides is 1. The molecule has 0 bridgehead atoms. The summed E-state index contributed by atoms with van der Waals surface area (Å²) >= 11 is 1.03. The van der Waals surface area contributed by atoms with Crippen LogP contribution in [0.2, 0.25) is 0 Å². The summed E-state index contributed by atoms with van der Waals surface area (Å²) in [5.41, 5.74) is 5.59. The molecule has 1 aromatic heterocycles. The van der Waals surface area contributed by atoms with Crippen molar-refractivity contribution >= 4 is 39.7 Å². The Balaban J connectivity index is 0.00000400. The molecule has 1 rings (SSSR count). The van der Waals surface area contributed by atoms with Gasteiger partial charge in [0.05, 0.1) is 7.11 Å². The van der Waals surface area contributed by atoms with Gasteiger partial charge in [0, 0.05) is 12.6 Å². The third-order valence-corrected chi connectivity index (χ3v) is 5.24. The molecule has 1 heterocycles. The summed E-state index contributed by atoms with van der Waals surface area (Å²) in [5.74, 6) is -0.345. The lowest BCUT2D eigenvalue weighted by atomic mass is 10.1. The molecule has 21 heavy (non-hydrogen) atoms. The number of halogens is 1. The molecule has 0 aliphatic rings. The molecule has 1 aromatic rings. The summed E-state index contributed by atoms with van der Waals surface area (Å²) in [6.07, 6.45) is 0.632. The average Bonchev–Trinajstić information content (AvgIpc) is 2.86. The fourth-order valence-corrected chi connectivity index (χ4v) is 4.39. The third kappa shape index (κ3) is 5.55. The molecule has 0 spiro atoms. The van der Waals surface area contributed by atoms with E-state index in [1.807, 2.05) is 13.8 Å². The topological polar surface area (TPSA) is 98.5 Å². The Kier molecular flexibility index (Phi) is 8.42. The fourth-order valence-electron chi connectivity index (χ4n) is 1.80. The van der Waals surface area contributed by atoms with Gasteiger partial charge in [-0.05, 0) is 23.8 Å². The van der Waals surface area contributed by atoms with E-state index in [-0.39, 0.29) is 34.8 Å². The van der Waals surface area contributed by atoms with Crippen molar-refractivity contribution in [2.45, 2.75) is 31.2 Å². The van der Waals surface area contributed by atoms with Gasteiger partial charge in [0.1, 0.15) is 9.77 Å². The number of carbonyl (C=O) groups is 1. The Bertz CT molecular complexity index is 557. The number of methoxy groups -OCH3 is 1. The number of carbonyl (C=O) groups excluding carboxylic acids is 1. The van der Waals surface area contributed by atoms with Crippen molar-refractivity contribution in [3.05, 3.63) is 16.3 Å². The van der Waals surface area contributed by atoms with Crippen molar-refractivity contribution in [2.75, 3.05) is 13.7 Å². The molecule has 0 aliphatic heterocycles. The van der Waals surface area contributed by atoms with Crippen molar-refractivity contribution in [3.8, 4) is 0 Å². The van der Waals surface area contributed by atoms with Gasteiger partial charge in [-0.3, -0.25) is 0 Å². The highest BCUT2D eigenvalue weighted by atomic mass is 35.5. The van der Waals surface area contributed by atoms with Crippen molar-refractivity contribution < 1.29 is 17.9 Å². The van der Waals surface area contributed by atoms with E-state index in [4.69, 9.17) is 5.73 Å². The summed E-state index contributed by atoms with van der Waals surface area (Å²) in [4.78, 5) is 11.6. The monoisotopic (exact) mass is 356 g/mol. The molecule has 1 unspecified atom stereocenters. The molecule has 3 N–H and O–H groups in total. The molecule has 9 heteroatoms. The SMILES string of the molecule is COC(=O)c1sccc1S(=O)(=O)NC(CN)CC(C)C.Cl. The molecule has 0 saturated heterocycles. The maximum atomic E-state index is 12.3. The van der Waals surface area contributed by atoms with Gasteiger partial charge >= 0.3 is 5.97 Å². The molecule has 0 saturated carbocycles. The van der Waals surface area contributed by atoms with Gasteiger partial charge in [-0.25, -0.2) is 17.9 Å². The molecule has 0 fully saturated rings. The number of rotatable bonds is 7. The predicted octanol–water partition coefficient (Wildman–Crippen LogP) is 1.61. The second-order valence-corrected chi connectivity index (χ2v) is 7.39. The first kappa shape index (κ1) is 20.3. The molecular weight excluding hydrogens is 336 g/mol. The van der Waals surface area contributed by atoms with Crippen molar-refractivity contribution in [1.29, 1.82) is 0 Å². The number of ether oxygens (including phenoxy) is 1. The zero-order chi connectivity index (χ0) is 15.3. The van der Waals surface area contributed by atoms with Gasteiger partial charge in [-0.2, -0.15) is 0 Å². The van der Waals surface area contributed by atoms with Gasteiger partial charge in [0.2, 0.25) is 10.0 Å². The minimum atomic E-state index is -3.78. The standard InChI is InChI=1S/C12H20N2O4S2.ClH/c1-8(2)6-9(7-13)14-20(16,17)10-4-5-19-11(10)12(15)18-3;/h4-5,8-9,14H,6-7,13H2,1-3H3;1H. The highest BCUT2D eigenvalue weighted by molar-refractivity contribution is 7.89. The van der Waals surface area contributed by atoms with E-state index in [1.54, 1.807) is 5.38 Å². The second kappa shape index (κ2) is 8.70. The highest BCUT2D eigenvalue weighted by Gasteiger charge is 2.26. The quantitative estimate of drug-likeness (QED) is 0.723. The minimum Gasteiger partial charge on any atom is -0.465 e. The first-order valence-electron chi connectivity index (χ1n) is 6.20. The van der Waals surface area contributed by atoms with Crippen LogP contribution in [0.4, 0.5) is 0 Å². The van der Waals surface area contributed by atoms with Crippen LogP contribution in [0.5, 0.6) is 0 Å². The Morgan fingerprint density at radius 3 is 2.57 bits per heavy atom. The van der Waals surface area contributed by atoms with Crippen molar-refractivity contribution in [1.82, 2.24) is 4.72 Å². The van der Waals surface area contributed by atoms with Gasteiger partial charge in [-0.1, -0.05) is 13.8 Å². The lowest BCUT2D eigenvalue weighted by Gasteiger charge is -2.18. The molecule has 0 amide bonds. The Morgan fingerprint density at radius 1 is 1.48 bits per heavy atom. The van der Waals surface area contributed by atoms with E-state index in [0.29, 0.717) is 12.3 Å². The summed E-state index contributed by atoms with van der Waals surface area (Å²) < 4.78 is 31.8.